The van der Waals surface area contributed by atoms with Crippen molar-refractivity contribution >= 4 is 0 Å². The molecule has 0 aliphatic heterocycles. The van der Waals surface area contributed by atoms with Crippen LogP contribution < -0.4 is 0 Å². The van der Waals surface area contributed by atoms with E-state index in [9.17, 15) is 0 Å². The lowest BCUT2D eigenvalue weighted by Gasteiger charge is -2.32. The molecule has 0 fully saturated rings. The van der Waals surface area contributed by atoms with Gasteiger partial charge in [0, 0.05) is 12.1 Å². The van der Waals surface area contributed by atoms with Crippen molar-refractivity contribution in [2.24, 2.45) is 0 Å². The largest absolute Gasteiger partial charge is 0.373 e. The van der Waals surface area contributed by atoms with Crippen LogP contribution in [0.5, 0.6) is 0 Å². The third-order valence-corrected chi connectivity index (χ3v) is 2.17. The van der Waals surface area contributed by atoms with Crippen molar-refractivity contribution in [3.05, 3.63) is 12.8 Å². The van der Waals surface area contributed by atoms with Crippen molar-refractivity contribution in [3.63, 3.8) is 0 Å². The Bertz CT molecular complexity index is 103. The molecule has 0 atom stereocenters. The molecule has 0 rings (SSSR count). The summed E-state index contributed by atoms with van der Waals surface area (Å²) in [7, 11) is 0. The van der Waals surface area contributed by atoms with Crippen molar-refractivity contribution in [2.75, 3.05) is 0 Å². The molecular formula is C10H21N. The van der Waals surface area contributed by atoms with Crippen molar-refractivity contribution in [2.45, 2.75) is 52.6 Å². The third-order valence-electron chi connectivity index (χ3n) is 2.17. The van der Waals surface area contributed by atoms with Crippen LogP contribution in [0.3, 0.4) is 0 Å². The molecule has 0 amide bonds. The van der Waals surface area contributed by atoms with E-state index in [1.807, 2.05) is 6.20 Å². The van der Waals surface area contributed by atoms with E-state index in [-0.39, 0.29) is 0 Å². The molecule has 0 heterocycles. The minimum Gasteiger partial charge on any atom is -0.373 e. The summed E-state index contributed by atoms with van der Waals surface area (Å²) in [6, 6.07) is 1.25. The summed E-state index contributed by atoms with van der Waals surface area (Å²) in [6.45, 7) is 12.7. The number of rotatable bonds is 5. The predicted molar refractivity (Wildman–Crippen MR) is 51.5 cm³/mol. The second kappa shape index (κ2) is 5.22. The van der Waals surface area contributed by atoms with Crippen molar-refractivity contribution < 1.29 is 0 Å². The van der Waals surface area contributed by atoms with E-state index >= 15 is 0 Å². The normalized spacial score (nSPS) is 10.7. The van der Waals surface area contributed by atoms with Gasteiger partial charge in [-0.1, -0.05) is 20.4 Å². The molecule has 0 saturated carbocycles. The quantitative estimate of drug-likeness (QED) is 0.590. The lowest BCUT2D eigenvalue weighted by molar-refractivity contribution is 0.216. The van der Waals surface area contributed by atoms with Crippen LogP contribution in [0.2, 0.25) is 0 Å². The summed E-state index contributed by atoms with van der Waals surface area (Å²) >= 11 is 0. The SMILES string of the molecule is C=CN(C(C)C)C(CC)CC. The Kier molecular flexibility index (Phi) is 5.01. The molecule has 66 valence electrons. The molecule has 0 aromatic carbocycles. The first-order chi connectivity index (χ1) is 5.17. The van der Waals surface area contributed by atoms with E-state index in [0.717, 1.165) is 0 Å². The highest BCUT2D eigenvalue weighted by atomic mass is 15.2. The van der Waals surface area contributed by atoms with Gasteiger partial charge >= 0.3 is 0 Å². The molecule has 1 heteroatoms. The van der Waals surface area contributed by atoms with Crippen LogP contribution >= 0.6 is 0 Å². The molecule has 0 aromatic heterocycles. The highest BCUT2D eigenvalue weighted by Gasteiger charge is 2.12. The van der Waals surface area contributed by atoms with Crippen LogP contribution in [0.4, 0.5) is 0 Å². The Balaban J connectivity index is 4.08. The van der Waals surface area contributed by atoms with Crippen molar-refractivity contribution in [3.8, 4) is 0 Å². The fraction of sp³-hybridized carbons (Fsp3) is 0.800. The van der Waals surface area contributed by atoms with Crippen LogP contribution in [-0.4, -0.2) is 17.0 Å². The minimum absolute atomic E-state index is 0.581. The number of nitrogens with zero attached hydrogens (tertiary/aromatic N) is 1. The average Bonchev–Trinajstić information content (AvgIpc) is 1.99. The second-order valence-electron chi connectivity index (χ2n) is 3.19. The topological polar surface area (TPSA) is 3.24 Å². The van der Waals surface area contributed by atoms with E-state index in [1.54, 1.807) is 0 Å². The molecule has 11 heavy (non-hydrogen) atoms. The summed E-state index contributed by atoms with van der Waals surface area (Å²) < 4.78 is 0. The first-order valence-corrected chi connectivity index (χ1v) is 4.57. The van der Waals surface area contributed by atoms with Gasteiger partial charge < -0.3 is 4.90 Å². The lowest BCUT2D eigenvalue weighted by atomic mass is 10.1. The minimum atomic E-state index is 0.581. The highest BCUT2D eigenvalue weighted by molar-refractivity contribution is 4.80. The number of hydrogen-bond acceptors (Lipinski definition) is 1. The van der Waals surface area contributed by atoms with Gasteiger partial charge in [-0.15, -0.1) is 0 Å². The maximum atomic E-state index is 3.82. The Hall–Kier alpha value is -0.460. The lowest BCUT2D eigenvalue weighted by Crippen LogP contribution is -2.34. The summed E-state index contributed by atoms with van der Waals surface area (Å²) in [5.74, 6) is 0. The molecule has 0 unspecified atom stereocenters. The Morgan fingerprint density at radius 3 is 1.82 bits per heavy atom. The third kappa shape index (κ3) is 2.96. The molecule has 1 nitrogen and oxygen atoms in total. The molecule has 0 aromatic rings. The van der Waals surface area contributed by atoms with E-state index in [2.05, 4.69) is 39.2 Å². The fourth-order valence-corrected chi connectivity index (χ4v) is 1.49. The van der Waals surface area contributed by atoms with E-state index in [4.69, 9.17) is 0 Å². The molecular weight excluding hydrogens is 134 g/mol. The maximum absolute atomic E-state index is 3.82. The first kappa shape index (κ1) is 10.5. The van der Waals surface area contributed by atoms with Gasteiger partial charge in [-0.25, -0.2) is 0 Å². The van der Waals surface area contributed by atoms with Crippen molar-refractivity contribution in [1.82, 2.24) is 4.90 Å². The summed E-state index contributed by atoms with van der Waals surface area (Å²) in [6.07, 6.45) is 4.38. The monoisotopic (exact) mass is 155 g/mol. The van der Waals surface area contributed by atoms with E-state index in [1.165, 1.54) is 12.8 Å². The van der Waals surface area contributed by atoms with E-state index < -0.39 is 0 Å². The van der Waals surface area contributed by atoms with Gasteiger partial charge in [0.05, 0.1) is 0 Å². The van der Waals surface area contributed by atoms with Gasteiger partial charge in [-0.2, -0.15) is 0 Å². The maximum Gasteiger partial charge on any atom is 0.0281 e. The molecule has 0 aliphatic carbocycles. The van der Waals surface area contributed by atoms with Crippen molar-refractivity contribution in [1.29, 1.82) is 0 Å². The zero-order chi connectivity index (χ0) is 8.85. The zero-order valence-electron chi connectivity index (χ0n) is 8.30. The van der Waals surface area contributed by atoms with Gasteiger partial charge in [0.2, 0.25) is 0 Å². The first-order valence-electron chi connectivity index (χ1n) is 4.57. The smallest absolute Gasteiger partial charge is 0.0281 e. The molecule has 0 saturated heterocycles. The zero-order valence-corrected chi connectivity index (χ0v) is 8.30. The van der Waals surface area contributed by atoms with E-state index in [0.29, 0.717) is 12.1 Å². The van der Waals surface area contributed by atoms with Crippen LogP contribution in [0.1, 0.15) is 40.5 Å². The van der Waals surface area contributed by atoms with Crippen LogP contribution in [0.15, 0.2) is 12.8 Å². The Morgan fingerprint density at radius 1 is 1.27 bits per heavy atom. The Morgan fingerprint density at radius 2 is 1.73 bits per heavy atom. The molecule has 0 aliphatic rings. The average molecular weight is 155 g/mol. The molecule has 0 radical (unpaired) electrons. The van der Waals surface area contributed by atoms with Crippen LogP contribution in [0, 0.1) is 0 Å². The predicted octanol–water partition coefficient (Wildman–Crippen LogP) is 3.03. The standard InChI is InChI=1S/C10H21N/c1-6-10(7-2)11(8-3)9(4)5/h8-10H,3,6-7H2,1-2,4-5H3. The van der Waals surface area contributed by atoms with Gasteiger partial charge in [0.1, 0.15) is 0 Å². The number of hydrogen-bond donors (Lipinski definition) is 0. The van der Waals surface area contributed by atoms with Gasteiger partial charge in [0.15, 0.2) is 0 Å². The van der Waals surface area contributed by atoms with Crippen LogP contribution in [-0.2, 0) is 0 Å². The van der Waals surface area contributed by atoms with Crippen LogP contribution in [0.25, 0.3) is 0 Å². The molecule has 0 bridgehead atoms. The van der Waals surface area contributed by atoms with Gasteiger partial charge in [0.25, 0.3) is 0 Å². The summed E-state index contributed by atoms with van der Waals surface area (Å²) in [5, 5.41) is 0. The second-order valence-corrected chi connectivity index (χ2v) is 3.19. The van der Waals surface area contributed by atoms with Gasteiger partial charge in [-0.3, -0.25) is 0 Å². The summed E-state index contributed by atoms with van der Waals surface area (Å²) in [4.78, 5) is 2.33. The van der Waals surface area contributed by atoms with Gasteiger partial charge in [-0.05, 0) is 32.9 Å². The Labute approximate surface area is 71.1 Å². The molecule has 0 spiro atoms. The molecule has 0 N–H and O–H groups in total. The summed E-state index contributed by atoms with van der Waals surface area (Å²) in [5.41, 5.74) is 0. The highest BCUT2D eigenvalue weighted by Crippen LogP contribution is 2.11. The fourth-order valence-electron chi connectivity index (χ4n) is 1.49.